The Morgan fingerprint density at radius 2 is 2.04 bits per heavy atom. The van der Waals surface area contributed by atoms with Gasteiger partial charge in [0.05, 0.1) is 6.54 Å². The maximum absolute atomic E-state index is 11.6. The molecule has 6 heteroatoms. The predicted molar refractivity (Wildman–Crippen MR) is 103 cm³/mol. The van der Waals surface area contributed by atoms with Crippen LogP contribution >= 0.6 is 11.8 Å². The van der Waals surface area contributed by atoms with Crippen molar-refractivity contribution >= 4 is 23.6 Å². The highest BCUT2D eigenvalue weighted by atomic mass is 32.2. The third kappa shape index (κ3) is 5.44. The number of aliphatic imine (C=N–C) groups is 1. The summed E-state index contributed by atoms with van der Waals surface area (Å²) in [5.41, 5.74) is 1.75. The molecule has 1 aromatic rings. The number of benzene rings is 1. The summed E-state index contributed by atoms with van der Waals surface area (Å²) in [5.74, 6) is 2.03. The number of nitrogens with zero attached hydrogens (tertiary/aromatic N) is 1. The van der Waals surface area contributed by atoms with E-state index in [4.69, 9.17) is 0 Å². The zero-order valence-corrected chi connectivity index (χ0v) is 15.6. The van der Waals surface area contributed by atoms with Gasteiger partial charge in [0.1, 0.15) is 0 Å². The summed E-state index contributed by atoms with van der Waals surface area (Å²) in [5, 5.41) is 9.39. The molecule has 1 heterocycles. The van der Waals surface area contributed by atoms with Crippen molar-refractivity contribution in [3.05, 3.63) is 35.4 Å². The van der Waals surface area contributed by atoms with Crippen LogP contribution in [-0.4, -0.2) is 42.5 Å². The van der Waals surface area contributed by atoms with E-state index >= 15 is 0 Å². The van der Waals surface area contributed by atoms with E-state index in [0.717, 1.165) is 24.6 Å². The molecule has 1 saturated heterocycles. The average Bonchev–Trinajstić information content (AvgIpc) is 3.04. The summed E-state index contributed by atoms with van der Waals surface area (Å²) in [6.45, 7) is 6.75. The van der Waals surface area contributed by atoms with Gasteiger partial charge in [-0.3, -0.25) is 4.79 Å². The van der Waals surface area contributed by atoms with Crippen LogP contribution < -0.4 is 16.0 Å². The maximum atomic E-state index is 11.6. The molecule has 0 radical (unpaired) electrons. The number of amides is 1. The minimum Gasteiger partial charge on any atom is -0.357 e. The molecule has 0 spiro atoms. The molecule has 2 rings (SSSR count). The summed E-state index contributed by atoms with van der Waals surface area (Å²) in [4.78, 5) is 16.2. The molecule has 132 valence electrons. The first kappa shape index (κ1) is 18.6. The van der Waals surface area contributed by atoms with Gasteiger partial charge < -0.3 is 16.0 Å². The van der Waals surface area contributed by atoms with Crippen molar-refractivity contribution < 1.29 is 4.79 Å². The van der Waals surface area contributed by atoms with Gasteiger partial charge in [-0.1, -0.05) is 12.1 Å². The monoisotopic (exact) mass is 348 g/mol. The van der Waals surface area contributed by atoms with E-state index in [1.54, 1.807) is 7.05 Å². The Hall–Kier alpha value is -1.69. The van der Waals surface area contributed by atoms with E-state index in [9.17, 15) is 4.79 Å². The van der Waals surface area contributed by atoms with Crippen LogP contribution in [0.4, 0.5) is 0 Å². The predicted octanol–water partition coefficient (Wildman–Crippen LogP) is 2.39. The second-order valence-electron chi connectivity index (χ2n) is 6.23. The molecule has 1 aliphatic rings. The summed E-state index contributed by atoms with van der Waals surface area (Å²) < 4.78 is 0.311. The number of nitrogens with one attached hydrogen (secondary N) is 3. The van der Waals surface area contributed by atoms with Crippen molar-refractivity contribution in [3.63, 3.8) is 0 Å². The molecular weight excluding hydrogens is 320 g/mol. The van der Waals surface area contributed by atoms with Gasteiger partial charge in [-0.2, -0.15) is 11.8 Å². The van der Waals surface area contributed by atoms with E-state index in [0.29, 0.717) is 16.9 Å². The van der Waals surface area contributed by atoms with Gasteiger partial charge >= 0.3 is 0 Å². The molecule has 1 aliphatic heterocycles. The van der Waals surface area contributed by atoms with Crippen LogP contribution in [0.3, 0.4) is 0 Å². The Bertz CT molecular complexity index is 565. The molecule has 5 nitrogen and oxygen atoms in total. The van der Waals surface area contributed by atoms with Gasteiger partial charge in [0.2, 0.25) is 0 Å². The summed E-state index contributed by atoms with van der Waals surface area (Å²) in [6, 6.07) is 7.57. The summed E-state index contributed by atoms with van der Waals surface area (Å²) >= 11 is 2.04. The zero-order valence-electron chi connectivity index (χ0n) is 14.8. The fourth-order valence-corrected chi connectivity index (χ4v) is 3.91. The first-order valence-corrected chi connectivity index (χ1v) is 9.52. The Morgan fingerprint density at radius 1 is 1.29 bits per heavy atom. The largest absolute Gasteiger partial charge is 0.357 e. The van der Waals surface area contributed by atoms with Crippen LogP contribution in [0.15, 0.2) is 29.3 Å². The lowest BCUT2D eigenvalue weighted by atomic mass is 10.1. The normalized spacial score (nSPS) is 20.7. The molecular formula is C18H28N4OS. The molecule has 0 aliphatic carbocycles. The summed E-state index contributed by atoms with van der Waals surface area (Å²) in [7, 11) is 1.64. The Balaban J connectivity index is 1.93. The molecule has 3 N–H and O–H groups in total. The molecule has 0 aromatic heterocycles. The Kier molecular flexibility index (Phi) is 6.97. The summed E-state index contributed by atoms with van der Waals surface area (Å²) in [6.07, 6.45) is 2.55. The van der Waals surface area contributed by atoms with Gasteiger partial charge in [-0.25, -0.2) is 4.99 Å². The van der Waals surface area contributed by atoms with E-state index < -0.39 is 0 Å². The third-order valence-corrected chi connectivity index (χ3v) is 5.68. The second-order valence-corrected chi connectivity index (χ2v) is 7.91. The lowest BCUT2D eigenvalue weighted by Crippen LogP contribution is -2.43. The molecule has 1 unspecified atom stereocenters. The highest BCUT2D eigenvalue weighted by Crippen LogP contribution is 2.36. The van der Waals surface area contributed by atoms with Gasteiger partial charge in [0.15, 0.2) is 5.96 Å². The average molecular weight is 349 g/mol. The fraction of sp³-hybridized carbons (Fsp3) is 0.556. The van der Waals surface area contributed by atoms with Crippen LogP contribution in [0.2, 0.25) is 0 Å². The molecule has 1 amide bonds. The van der Waals surface area contributed by atoms with Crippen LogP contribution in [0.5, 0.6) is 0 Å². The quantitative estimate of drug-likeness (QED) is 0.545. The Morgan fingerprint density at radius 3 is 2.62 bits per heavy atom. The first-order chi connectivity index (χ1) is 11.6. The number of carbonyl (C=O) groups is 1. The molecule has 0 bridgehead atoms. The van der Waals surface area contributed by atoms with Crippen molar-refractivity contribution in [2.24, 2.45) is 4.99 Å². The minimum atomic E-state index is -0.0673. The van der Waals surface area contributed by atoms with Gasteiger partial charge in [0.25, 0.3) is 5.91 Å². The van der Waals surface area contributed by atoms with E-state index in [1.165, 1.54) is 18.6 Å². The number of guanidine groups is 1. The first-order valence-electron chi connectivity index (χ1n) is 8.53. The fourth-order valence-electron chi connectivity index (χ4n) is 2.66. The number of thioether (sulfide) groups is 1. The highest BCUT2D eigenvalue weighted by Gasteiger charge is 2.29. The molecule has 0 saturated carbocycles. The second kappa shape index (κ2) is 8.97. The maximum Gasteiger partial charge on any atom is 0.251 e. The topological polar surface area (TPSA) is 65.5 Å². The van der Waals surface area contributed by atoms with Crippen LogP contribution in [0.25, 0.3) is 0 Å². The standard InChI is InChI=1S/C18H28N4OS/c1-4-20-17(22-13-18(2)10-5-11-24-18)21-12-14-6-8-15(9-7-14)16(23)19-3/h6-9H,4-5,10-13H2,1-3H3,(H,19,23)(H2,20,21,22). The SMILES string of the molecule is CCNC(=NCc1ccc(C(=O)NC)cc1)NCC1(C)CCCS1. The van der Waals surface area contributed by atoms with Gasteiger partial charge in [-0.15, -0.1) is 0 Å². The lowest BCUT2D eigenvalue weighted by molar-refractivity contribution is 0.0963. The number of hydrogen-bond donors (Lipinski definition) is 3. The van der Waals surface area contributed by atoms with E-state index in [-0.39, 0.29) is 5.91 Å². The molecule has 1 aromatic carbocycles. The van der Waals surface area contributed by atoms with Crippen LogP contribution in [0.1, 0.15) is 42.6 Å². The minimum absolute atomic E-state index is 0.0673. The van der Waals surface area contributed by atoms with E-state index in [2.05, 4.69) is 34.8 Å². The zero-order chi connectivity index (χ0) is 17.4. The van der Waals surface area contributed by atoms with Crippen molar-refractivity contribution in [1.82, 2.24) is 16.0 Å². The van der Waals surface area contributed by atoms with Crippen molar-refractivity contribution in [2.45, 2.75) is 38.0 Å². The van der Waals surface area contributed by atoms with Crippen molar-refractivity contribution in [1.29, 1.82) is 0 Å². The van der Waals surface area contributed by atoms with Crippen molar-refractivity contribution in [2.75, 3.05) is 25.9 Å². The molecule has 1 atom stereocenters. The van der Waals surface area contributed by atoms with Gasteiger partial charge in [0, 0.05) is 30.4 Å². The number of carbonyl (C=O) groups excluding carboxylic acids is 1. The van der Waals surface area contributed by atoms with Gasteiger partial charge in [-0.05, 0) is 50.1 Å². The molecule has 1 fully saturated rings. The number of rotatable bonds is 6. The lowest BCUT2D eigenvalue weighted by Gasteiger charge is -2.24. The number of hydrogen-bond acceptors (Lipinski definition) is 3. The van der Waals surface area contributed by atoms with Crippen molar-refractivity contribution in [3.8, 4) is 0 Å². The molecule has 24 heavy (non-hydrogen) atoms. The highest BCUT2D eigenvalue weighted by molar-refractivity contribution is 8.00. The third-order valence-electron chi connectivity index (χ3n) is 4.14. The van der Waals surface area contributed by atoms with Crippen LogP contribution in [-0.2, 0) is 6.54 Å². The van der Waals surface area contributed by atoms with E-state index in [1.807, 2.05) is 36.0 Å². The Labute approximate surface area is 149 Å². The van der Waals surface area contributed by atoms with Crippen LogP contribution in [0, 0.1) is 0 Å². The smallest absolute Gasteiger partial charge is 0.251 e.